The van der Waals surface area contributed by atoms with Crippen LogP contribution in [-0.4, -0.2) is 18.5 Å². The number of hydrogen-bond acceptors (Lipinski definition) is 5. The lowest BCUT2D eigenvalue weighted by molar-refractivity contribution is 0.0452. The zero-order valence-electron chi connectivity index (χ0n) is 18.3. The van der Waals surface area contributed by atoms with Crippen molar-refractivity contribution < 1.29 is 19.2 Å². The molecule has 0 fully saturated rings. The summed E-state index contributed by atoms with van der Waals surface area (Å²) in [6.07, 6.45) is 14.4. The van der Waals surface area contributed by atoms with Crippen LogP contribution in [0.25, 0.3) is 0 Å². The van der Waals surface area contributed by atoms with Gasteiger partial charge in [-0.15, -0.1) is 0 Å². The van der Waals surface area contributed by atoms with E-state index in [0.717, 1.165) is 44.1 Å². The van der Waals surface area contributed by atoms with Crippen LogP contribution < -0.4 is 5.90 Å². The highest BCUT2D eigenvalue weighted by Crippen LogP contribution is 2.20. The standard InChI is InChI=1S/C24H39NO4/c1-3-5-7-9-11-13-16-20-17-15-18-21(23(26)29-25)22(20)24(27)28-19-14-12-10-8-6-4-2/h15,17-18H,3-14,16,19,25H2,1-2H3. The molecule has 0 bridgehead atoms. The van der Waals surface area contributed by atoms with Crippen molar-refractivity contribution in [3.05, 3.63) is 34.9 Å². The summed E-state index contributed by atoms with van der Waals surface area (Å²) >= 11 is 0. The molecule has 0 saturated carbocycles. The Balaban J connectivity index is 2.67. The summed E-state index contributed by atoms with van der Waals surface area (Å²) < 4.78 is 5.48. The molecule has 0 atom stereocenters. The number of rotatable bonds is 16. The van der Waals surface area contributed by atoms with Crippen LogP contribution in [0.15, 0.2) is 18.2 Å². The van der Waals surface area contributed by atoms with Gasteiger partial charge in [0.1, 0.15) is 0 Å². The first kappa shape index (κ1) is 25.2. The van der Waals surface area contributed by atoms with E-state index in [1.807, 2.05) is 6.07 Å². The number of benzene rings is 1. The van der Waals surface area contributed by atoms with Crippen LogP contribution in [0.3, 0.4) is 0 Å². The molecular weight excluding hydrogens is 366 g/mol. The average Bonchev–Trinajstić information content (AvgIpc) is 2.74. The van der Waals surface area contributed by atoms with Gasteiger partial charge in [0.2, 0.25) is 0 Å². The third-order valence-electron chi connectivity index (χ3n) is 5.21. The van der Waals surface area contributed by atoms with Gasteiger partial charge in [-0.1, -0.05) is 90.2 Å². The molecule has 0 heterocycles. The molecular formula is C24H39NO4. The molecule has 0 amide bonds. The van der Waals surface area contributed by atoms with Gasteiger partial charge in [-0.05, 0) is 30.9 Å². The van der Waals surface area contributed by atoms with Crippen LogP contribution in [0.5, 0.6) is 0 Å². The van der Waals surface area contributed by atoms with Gasteiger partial charge in [0.05, 0.1) is 17.7 Å². The largest absolute Gasteiger partial charge is 0.462 e. The zero-order chi connectivity index (χ0) is 21.3. The molecule has 29 heavy (non-hydrogen) atoms. The summed E-state index contributed by atoms with van der Waals surface area (Å²) in [4.78, 5) is 29.2. The molecule has 0 aromatic heterocycles. The first-order valence-corrected chi connectivity index (χ1v) is 11.4. The second-order valence-corrected chi connectivity index (χ2v) is 7.67. The number of ether oxygens (including phenoxy) is 1. The zero-order valence-corrected chi connectivity index (χ0v) is 18.3. The van der Waals surface area contributed by atoms with Crippen molar-refractivity contribution in [3.63, 3.8) is 0 Å². The maximum atomic E-state index is 12.7. The van der Waals surface area contributed by atoms with E-state index in [2.05, 4.69) is 18.7 Å². The Labute approximate surface area is 176 Å². The number of unbranched alkanes of at least 4 members (excludes halogenated alkanes) is 10. The van der Waals surface area contributed by atoms with E-state index in [9.17, 15) is 9.59 Å². The molecule has 5 heteroatoms. The van der Waals surface area contributed by atoms with Gasteiger partial charge in [-0.2, -0.15) is 5.90 Å². The van der Waals surface area contributed by atoms with Crippen molar-refractivity contribution >= 4 is 11.9 Å². The second-order valence-electron chi connectivity index (χ2n) is 7.67. The molecule has 0 aliphatic carbocycles. The van der Waals surface area contributed by atoms with E-state index < -0.39 is 11.9 Å². The van der Waals surface area contributed by atoms with E-state index in [-0.39, 0.29) is 5.56 Å². The van der Waals surface area contributed by atoms with Crippen LogP contribution in [0, 0.1) is 0 Å². The highest BCUT2D eigenvalue weighted by atomic mass is 16.7. The third kappa shape index (κ3) is 9.93. The van der Waals surface area contributed by atoms with Crippen LogP contribution in [0.4, 0.5) is 0 Å². The first-order chi connectivity index (χ1) is 14.2. The highest BCUT2D eigenvalue weighted by Gasteiger charge is 2.22. The predicted octanol–water partition coefficient (Wildman–Crippen LogP) is 6.14. The molecule has 0 aliphatic heterocycles. The predicted molar refractivity (Wildman–Crippen MR) is 117 cm³/mol. The van der Waals surface area contributed by atoms with E-state index in [1.165, 1.54) is 44.9 Å². The fraction of sp³-hybridized carbons (Fsp3) is 0.667. The highest BCUT2D eigenvalue weighted by molar-refractivity contribution is 6.04. The van der Waals surface area contributed by atoms with Crippen molar-refractivity contribution in [3.8, 4) is 0 Å². The fourth-order valence-corrected chi connectivity index (χ4v) is 3.50. The van der Waals surface area contributed by atoms with E-state index in [4.69, 9.17) is 10.6 Å². The van der Waals surface area contributed by atoms with Crippen LogP contribution in [0.2, 0.25) is 0 Å². The normalized spacial score (nSPS) is 10.7. The van der Waals surface area contributed by atoms with Gasteiger partial charge in [-0.25, -0.2) is 9.59 Å². The van der Waals surface area contributed by atoms with Crippen molar-refractivity contribution in [1.82, 2.24) is 0 Å². The Morgan fingerprint density at radius 3 is 2.00 bits per heavy atom. The maximum absolute atomic E-state index is 12.7. The summed E-state index contributed by atoms with van der Waals surface area (Å²) in [5.74, 6) is 3.90. The Kier molecular flexibility index (Phi) is 13.9. The monoisotopic (exact) mass is 405 g/mol. The molecule has 1 rings (SSSR count). The molecule has 1 aromatic carbocycles. The van der Waals surface area contributed by atoms with Crippen molar-refractivity contribution in [2.45, 2.75) is 97.3 Å². The smallest absolute Gasteiger partial charge is 0.357 e. The minimum atomic E-state index is -0.707. The quantitative estimate of drug-likeness (QED) is 0.203. The third-order valence-corrected chi connectivity index (χ3v) is 5.21. The molecule has 0 radical (unpaired) electrons. The average molecular weight is 406 g/mol. The van der Waals surface area contributed by atoms with E-state index in [0.29, 0.717) is 12.2 Å². The first-order valence-electron chi connectivity index (χ1n) is 11.4. The second kappa shape index (κ2) is 16.0. The molecule has 2 N–H and O–H groups in total. The molecule has 1 aromatic rings. The van der Waals surface area contributed by atoms with Gasteiger partial charge in [0.25, 0.3) is 0 Å². The van der Waals surface area contributed by atoms with Gasteiger partial charge in [-0.3, -0.25) is 0 Å². The summed E-state index contributed by atoms with van der Waals surface area (Å²) in [5, 5.41) is 0. The van der Waals surface area contributed by atoms with Crippen molar-refractivity contribution in [1.29, 1.82) is 0 Å². The van der Waals surface area contributed by atoms with Gasteiger partial charge >= 0.3 is 11.9 Å². The molecule has 164 valence electrons. The molecule has 5 nitrogen and oxygen atoms in total. The lowest BCUT2D eigenvalue weighted by Crippen LogP contribution is -2.19. The number of carbonyl (C=O) groups excluding carboxylic acids is 2. The lowest BCUT2D eigenvalue weighted by Gasteiger charge is -2.13. The van der Waals surface area contributed by atoms with Gasteiger partial charge in [0, 0.05) is 0 Å². The summed E-state index contributed by atoms with van der Waals surface area (Å²) in [6, 6.07) is 5.23. The maximum Gasteiger partial charge on any atom is 0.357 e. The molecule has 0 spiro atoms. The number of aryl methyl sites for hydroxylation is 1. The Bertz CT molecular complexity index is 601. The van der Waals surface area contributed by atoms with Gasteiger partial charge in [0.15, 0.2) is 0 Å². The number of hydrogen-bond donors (Lipinski definition) is 1. The fourth-order valence-electron chi connectivity index (χ4n) is 3.50. The van der Waals surface area contributed by atoms with Crippen LogP contribution >= 0.6 is 0 Å². The van der Waals surface area contributed by atoms with Crippen LogP contribution in [0.1, 0.15) is 117 Å². The molecule has 0 aliphatic rings. The summed E-state index contributed by atoms with van der Waals surface area (Å²) in [5.41, 5.74) is 1.32. The van der Waals surface area contributed by atoms with E-state index >= 15 is 0 Å². The topological polar surface area (TPSA) is 78.6 Å². The summed E-state index contributed by atoms with van der Waals surface area (Å²) in [6.45, 7) is 4.76. The Hall–Kier alpha value is -1.88. The van der Waals surface area contributed by atoms with Gasteiger partial charge < -0.3 is 9.57 Å². The number of esters is 1. The Morgan fingerprint density at radius 2 is 1.38 bits per heavy atom. The Morgan fingerprint density at radius 1 is 0.793 bits per heavy atom. The van der Waals surface area contributed by atoms with Crippen LogP contribution in [-0.2, 0) is 16.0 Å². The molecule has 0 unspecified atom stereocenters. The number of carbonyl (C=O) groups is 2. The molecule has 0 saturated heterocycles. The van der Waals surface area contributed by atoms with Crippen molar-refractivity contribution in [2.75, 3.05) is 6.61 Å². The number of nitrogens with two attached hydrogens (primary N) is 1. The minimum Gasteiger partial charge on any atom is -0.462 e. The van der Waals surface area contributed by atoms with E-state index in [1.54, 1.807) is 12.1 Å². The SMILES string of the molecule is CCCCCCCCOC(=O)c1c(CCCCCCCC)cccc1C(=O)ON. The summed E-state index contributed by atoms with van der Waals surface area (Å²) in [7, 11) is 0. The lowest BCUT2D eigenvalue weighted by atomic mass is 9.96. The minimum absolute atomic E-state index is 0.184. The van der Waals surface area contributed by atoms with Crippen molar-refractivity contribution in [2.24, 2.45) is 5.90 Å².